The van der Waals surface area contributed by atoms with Crippen LogP contribution in [0.5, 0.6) is 5.75 Å². The van der Waals surface area contributed by atoms with Crippen LogP contribution in [-0.4, -0.2) is 47.7 Å². The van der Waals surface area contributed by atoms with Crippen molar-refractivity contribution in [2.45, 2.75) is 63.6 Å². The summed E-state index contributed by atoms with van der Waals surface area (Å²) in [6.45, 7) is 2.51. The van der Waals surface area contributed by atoms with E-state index in [0.717, 1.165) is 42.2 Å². The smallest absolute Gasteiger partial charge is 0.240 e. The van der Waals surface area contributed by atoms with Crippen molar-refractivity contribution in [2.24, 2.45) is 0 Å². The molecule has 1 saturated carbocycles. The van der Waals surface area contributed by atoms with E-state index in [2.05, 4.69) is 10.2 Å². The third-order valence-electron chi connectivity index (χ3n) is 6.22. The molecule has 27 heavy (non-hydrogen) atoms. The van der Waals surface area contributed by atoms with Crippen LogP contribution in [0, 0.1) is 0 Å². The third kappa shape index (κ3) is 4.29. The number of nitrogens with zero attached hydrogens (tertiary/aromatic N) is 2. The molecular weight excluding hydrogens is 338 g/mol. The molecule has 5 heteroatoms. The summed E-state index contributed by atoms with van der Waals surface area (Å²) < 4.78 is 7.29. The van der Waals surface area contributed by atoms with Gasteiger partial charge in [0.1, 0.15) is 12.3 Å². The number of rotatable bonds is 5. The summed E-state index contributed by atoms with van der Waals surface area (Å²) in [7, 11) is 1.67. The lowest BCUT2D eigenvalue weighted by molar-refractivity contribution is -0.122. The van der Waals surface area contributed by atoms with Crippen molar-refractivity contribution >= 4 is 16.8 Å². The number of ether oxygens (including phenoxy) is 1. The highest BCUT2D eigenvalue weighted by molar-refractivity contribution is 5.84. The van der Waals surface area contributed by atoms with Crippen molar-refractivity contribution in [3.05, 3.63) is 30.5 Å². The molecule has 1 aromatic carbocycles. The van der Waals surface area contributed by atoms with E-state index in [1.807, 2.05) is 35.0 Å². The average molecular weight is 370 g/mol. The van der Waals surface area contributed by atoms with Crippen molar-refractivity contribution in [3.8, 4) is 5.75 Å². The van der Waals surface area contributed by atoms with E-state index in [0.29, 0.717) is 12.6 Å². The second kappa shape index (κ2) is 8.34. The molecule has 1 amide bonds. The Morgan fingerprint density at radius 3 is 2.74 bits per heavy atom. The molecule has 2 heterocycles. The van der Waals surface area contributed by atoms with Crippen LogP contribution in [0.2, 0.25) is 0 Å². The maximum absolute atomic E-state index is 12.6. The van der Waals surface area contributed by atoms with Crippen molar-refractivity contribution in [1.82, 2.24) is 14.8 Å². The van der Waals surface area contributed by atoms with E-state index in [9.17, 15) is 4.79 Å². The fourth-order valence-electron chi connectivity index (χ4n) is 4.73. The molecule has 1 saturated heterocycles. The molecule has 4 rings (SSSR count). The van der Waals surface area contributed by atoms with Gasteiger partial charge in [-0.05, 0) is 43.5 Å². The Hall–Kier alpha value is -2.01. The van der Waals surface area contributed by atoms with Gasteiger partial charge in [-0.25, -0.2) is 0 Å². The molecule has 1 N–H and O–H groups in total. The molecule has 1 atom stereocenters. The van der Waals surface area contributed by atoms with Crippen LogP contribution >= 0.6 is 0 Å². The normalized spacial score (nSPS) is 22.0. The molecule has 0 spiro atoms. The summed E-state index contributed by atoms with van der Waals surface area (Å²) in [6, 6.07) is 9.03. The summed E-state index contributed by atoms with van der Waals surface area (Å²) in [5.41, 5.74) is 1.07. The van der Waals surface area contributed by atoms with Crippen LogP contribution in [-0.2, 0) is 11.3 Å². The zero-order valence-electron chi connectivity index (χ0n) is 16.3. The van der Waals surface area contributed by atoms with E-state index in [1.54, 1.807) is 7.11 Å². The molecular formula is C22H31N3O2. The number of fused-ring (bicyclic) bond motifs is 1. The van der Waals surface area contributed by atoms with Gasteiger partial charge in [-0.1, -0.05) is 25.7 Å². The van der Waals surface area contributed by atoms with Crippen LogP contribution in [0.25, 0.3) is 10.9 Å². The van der Waals surface area contributed by atoms with Crippen LogP contribution in [0.3, 0.4) is 0 Å². The van der Waals surface area contributed by atoms with Gasteiger partial charge in [0.15, 0.2) is 0 Å². The summed E-state index contributed by atoms with van der Waals surface area (Å²) in [5, 5.41) is 4.36. The number of likely N-dealkylation sites (tertiary alicyclic amines) is 1. The van der Waals surface area contributed by atoms with Crippen LogP contribution in [0.1, 0.15) is 44.9 Å². The summed E-state index contributed by atoms with van der Waals surface area (Å²) in [6.07, 6.45) is 11.2. The fourth-order valence-corrected chi connectivity index (χ4v) is 4.73. The second-order valence-electron chi connectivity index (χ2n) is 8.06. The molecule has 1 unspecified atom stereocenters. The van der Waals surface area contributed by atoms with Crippen molar-refractivity contribution in [3.63, 3.8) is 0 Å². The van der Waals surface area contributed by atoms with Gasteiger partial charge in [-0.15, -0.1) is 0 Å². The first-order valence-corrected chi connectivity index (χ1v) is 10.4. The third-order valence-corrected chi connectivity index (χ3v) is 6.22. The first-order valence-electron chi connectivity index (χ1n) is 10.4. The molecule has 0 bridgehead atoms. The first-order chi connectivity index (χ1) is 13.2. The molecule has 2 aliphatic rings. The number of methoxy groups -OCH3 is 1. The minimum absolute atomic E-state index is 0.107. The van der Waals surface area contributed by atoms with E-state index in [4.69, 9.17) is 4.74 Å². The molecule has 5 nitrogen and oxygen atoms in total. The molecule has 1 aliphatic carbocycles. The summed E-state index contributed by atoms with van der Waals surface area (Å²) >= 11 is 0. The van der Waals surface area contributed by atoms with Gasteiger partial charge in [-0.3, -0.25) is 9.69 Å². The van der Waals surface area contributed by atoms with Gasteiger partial charge in [0.2, 0.25) is 5.91 Å². The Kier molecular flexibility index (Phi) is 5.67. The predicted octanol–water partition coefficient (Wildman–Crippen LogP) is 3.56. The molecule has 2 fully saturated rings. The predicted molar refractivity (Wildman–Crippen MR) is 108 cm³/mol. The van der Waals surface area contributed by atoms with E-state index in [1.165, 1.54) is 38.5 Å². The fraction of sp³-hybridized carbons (Fsp3) is 0.591. The maximum Gasteiger partial charge on any atom is 0.240 e. The standard InChI is InChI=1S/C22H31N3O2/c1-27-20-8-9-21-17(14-20)10-12-25(21)16-22(26)23-18-11-13-24(15-18)19-6-4-2-3-5-7-19/h8-10,12,14,18-19H,2-7,11,13,15-16H2,1H3,(H,23,26). The largest absolute Gasteiger partial charge is 0.497 e. The lowest BCUT2D eigenvalue weighted by Crippen LogP contribution is -2.40. The van der Waals surface area contributed by atoms with Crippen LogP contribution < -0.4 is 10.1 Å². The number of nitrogens with one attached hydrogen (secondary N) is 1. The second-order valence-corrected chi connectivity index (χ2v) is 8.06. The van der Waals surface area contributed by atoms with Crippen LogP contribution in [0.4, 0.5) is 0 Å². The maximum atomic E-state index is 12.6. The summed E-state index contributed by atoms with van der Waals surface area (Å²) in [5.74, 6) is 0.949. The Morgan fingerprint density at radius 2 is 1.96 bits per heavy atom. The van der Waals surface area contributed by atoms with Gasteiger partial charge >= 0.3 is 0 Å². The zero-order chi connectivity index (χ0) is 18.6. The quantitative estimate of drug-likeness (QED) is 0.820. The van der Waals surface area contributed by atoms with E-state index >= 15 is 0 Å². The van der Waals surface area contributed by atoms with Gasteiger partial charge in [0.25, 0.3) is 0 Å². The number of aromatic nitrogens is 1. The van der Waals surface area contributed by atoms with Crippen molar-refractivity contribution in [1.29, 1.82) is 0 Å². The van der Waals surface area contributed by atoms with Gasteiger partial charge in [0, 0.05) is 42.3 Å². The lowest BCUT2D eigenvalue weighted by Gasteiger charge is -2.26. The molecule has 1 aromatic heterocycles. The Labute approximate surface area is 161 Å². The minimum Gasteiger partial charge on any atom is -0.497 e. The number of hydrogen-bond donors (Lipinski definition) is 1. The Balaban J connectivity index is 1.32. The topological polar surface area (TPSA) is 46.5 Å². The highest BCUT2D eigenvalue weighted by Gasteiger charge is 2.29. The number of amides is 1. The Morgan fingerprint density at radius 1 is 1.15 bits per heavy atom. The minimum atomic E-state index is 0.107. The number of benzene rings is 1. The first kappa shape index (κ1) is 18.4. The van der Waals surface area contributed by atoms with Gasteiger partial charge < -0.3 is 14.6 Å². The molecule has 2 aromatic rings. The lowest BCUT2D eigenvalue weighted by atomic mass is 10.1. The van der Waals surface area contributed by atoms with Gasteiger partial charge in [0.05, 0.1) is 7.11 Å². The van der Waals surface area contributed by atoms with Crippen LogP contribution in [0.15, 0.2) is 30.5 Å². The van der Waals surface area contributed by atoms with Crippen molar-refractivity contribution < 1.29 is 9.53 Å². The average Bonchev–Trinajstić information content (AvgIpc) is 3.19. The summed E-state index contributed by atoms with van der Waals surface area (Å²) in [4.78, 5) is 15.2. The van der Waals surface area contributed by atoms with E-state index < -0.39 is 0 Å². The number of carbonyl (C=O) groups excluding carboxylic acids is 1. The number of hydrogen-bond acceptors (Lipinski definition) is 3. The molecule has 1 aliphatic heterocycles. The van der Waals surface area contributed by atoms with Crippen molar-refractivity contribution in [2.75, 3.05) is 20.2 Å². The molecule has 146 valence electrons. The number of carbonyl (C=O) groups is 1. The highest BCUT2D eigenvalue weighted by atomic mass is 16.5. The SMILES string of the molecule is COc1ccc2c(ccn2CC(=O)NC2CCN(C3CCCCCC3)C2)c1. The Bertz CT molecular complexity index is 777. The monoisotopic (exact) mass is 369 g/mol. The highest BCUT2D eigenvalue weighted by Crippen LogP contribution is 2.25. The molecule has 0 radical (unpaired) electrons. The zero-order valence-corrected chi connectivity index (χ0v) is 16.3. The van der Waals surface area contributed by atoms with Gasteiger partial charge in [-0.2, -0.15) is 0 Å². The van der Waals surface area contributed by atoms with E-state index in [-0.39, 0.29) is 5.91 Å².